The molecule has 2 heteroatoms. The fourth-order valence-electron chi connectivity index (χ4n) is 6.68. The van der Waals surface area contributed by atoms with E-state index >= 15 is 0 Å². The van der Waals surface area contributed by atoms with E-state index in [-0.39, 0.29) is 0 Å². The minimum Gasteiger partial charge on any atom is -0.0665 e. The Bertz CT molecular complexity index is 357. The molecule has 0 aromatic rings. The van der Waals surface area contributed by atoms with Crippen molar-refractivity contribution in [1.82, 2.24) is 0 Å². The van der Waals surface area contributed by atoms with Crippen molar-refractivity contribution in [3.63, 3.8) is 0 Å². The normalized spacial score (nSPS) is 40.2. The first kappa shape index (κ1) is 17.0. The highest BCUT2D eigenvalue weighted by Gasteiger charge is 2.53. The summed E-state index contributed by atoms with van der Waals surface area (Å²) in [5.41, 5.74) is 0. The average molecular weight is 300 g/mol. The highest BCUT2D eigenvalue weighted by atomic mass is 14.5. The molecule has 0 aromatic carbocycles. The second-order valence-corrected chi connectivity index (χ2v) is 9.86. The molecule has 3 fully saturated rings. The van der Waals surface area contributed by atoms with Gasteiger partial charge in [-0.3, -0.25) is 0 Å². The van der Waals surface area contributed by atoms with Gasteiger partial charge in [-0.15, -0.1) is 0 Å². The molecule has 1 saturated carbocycles. The zero-order chi connectivity index (χ0) is 15.5. The Morgan fingerprint density at radius 3 is 1.73 bits per heavy atom. The lowest BCUT2D eigenvalue weighted by Gasteiger charge is -2.55. The van der Waals surface area contributed by atoms with E-state index in [1.807, 2.05) is 0 Å². The zero-order valence-corrected chi connectivity index (χ0v) is 15.5. The van der Waals surface area contributed by atoms with Gasteiger partial charge in [0.15, 0.2) is 0 Å². The van der Waals surface area contributed by atoms with Crippen molar-refractivity contribution in [1.29, 1.82) is 0 Å². The fourth-order valence-corrected chi connectivity index (χ4v) is 6.68. The molecule has 0 amide bonds. The molecule has 2 aliphatic heterocycles. The highest BCUT2D eigenvalue weighted by molar-refractivity contribution is 6.47. The van der Waals surface area contributed by atoms with Crippen molar-refractivity contribution in [3.05, 3.63) is 0 Å². The minimum absolute atomic E-state index is 0.649. The largest absolute Gasteiger partial charge is 0.134 e. The van der Waals surface area contributed by atoms with Gasteiger partial charge in [-0.25, -0.2) is 0 Å². The van der Waals surface area contributed by atoms with Gasteiger partial charge in [0.25, 0.3) is 0 Å². The first-order valence-corrected chi connectivity index (χ1v) is 10.6. The lowest BCUT2D eigenvalue weighted by molar-refractivity contribution is 0.254. The molecule has 2 unspecified atom stereocenters. The van der Waals surface area contributed by atoms with Crippen molar-refractivity contribution in [2.75, 3.05) is 0 Å². The van der Waals surface area contributed by atoms with E-state index < -0.39 is 0 Å². The summed E-state index contributed by atoms with van der Waals surface area (Å²) in [4.78, 5) is 0. The Labute approximate surface area is 141 Å². The van der Waals surface area contributed by atoms with Gasteiger partial charge in [-0.1, -0.05) is 126 Å². The third-order valence-corrected chi connectivity index (χ3v) is 8.12. The monoisotopic (exact) mass is 300 g/mol. The van der Waals surface area contributed by atoms with Crippen molar-refractivity contribution >= 4 is 15.1 Å². The van der Waals surface area contributed by atoms with Crippen LogP contribution in [0.5, 0.6) is 0 Å². The third-order valence-electron chi connectivity index (χ3n) is 8.12. The first-order chi connectivity index (χ1) is 10.6. The van der Waals surface area contributed by atoms with Crippen molar-refractivity contribution in [2.24, 2.45) is 0 Å². The quantitative estimate of drug-likeness (QED) is 0.534. The van der Waals surface area contributed by atoms with Crippen LogP contribution in [0.4, 0.5) is 0 Å². The van der Waals surface area contributed by atoms with Crippen LogP contribution in [0.15, 0.2) is 0 Å². The molecule has 0 N–H and O–H groups in total. The van der Waals surface area contributed by atoms with E-state index in [0.717, 1.165) is 0 Å². The Hall–Kier alpha value is 0.130. The zero-order valence-electron chi connectivity index (χ0n) is 15.5. The van der Waals surface area contributed by atoms with Crippen LogP contribution in [0, 0.1) is 0 Å². The molecule has 3 aliphatic rings. The third kappa shape index (κ3) is 3.46. The van der Waals surface area contributed by atoms with Crippen molar-refractivity contribution in [3.8, 4) is 0 Å². The number of fused-ring (bicyclic) bond motifs is 2. The Morgan fingerprint density at radius 2 is 1.05 bits per heavy atom. The summed E-state index contributed by atoms with van der Waals surface area (Å²) in [6.07, 6.45) is 24.3. The van der Waals surface area contributed by atoms with E-state index in [9.17, 15) is 0 Å². The van der Waals surface area contributed by atoms with Crippen molar-refractivity contribution < 1.29 is 0 Å². The van der Waals surface area contributed by atoms with E-state index in [1.54, 1.807) is 20.1 Å². The molecule has 0 nitrogen and oxygen atoms in total. The molecule has 1 aliphatic carbocycles. The molecule has 2 heterocycles. The van der Waals surface area contributed by atoms with Gasteiger partial charge in [0.2, 0.25) is 0 Å². The van der Waals surface area contributed by atoms with Gasteiger partial charge in [0.05, 0.1) is 0 Å². The summed E-state index contributed by atoms with van der Waals surface area (Å²) in [6.45, 7) is 2.63. The molecule has 3 rings (SSSR count). The average Bonchev–Trinajstić information content (AvgIpc) is 2.62. The molecule has 2 bridgehead atoms. The molecule has 22 heavy (non-hydrogen) atoms. The van der Waals surface area contributed by atoms with E-state index in [1.165, 1.54) is 89.9 Å². The van der Waals surface area contributed by atoms with Gasteiger partial charge >= 0.3 is 0 Å². The van der Waals surface area contributed by atoms with Crippen LogP contribution in [0.3, 0.4) is 0 Å². The van der Waals surface area contributed by atoms with Crippen LogP contribution in [-0.2, 0) is 0 Å². The number of rotatable bonds is 1. The maximum absolute atomic E-state index is 2.73. The van der Waals surface area contributed by atoms with Crippen LogP contribution in [0.1, 0.15) is 110 Å². The fraction of sp³-hybridized carbons (Fsp3) is 1.00. The first-order valence-electron chi connectivity index (χ1n) is 10.6. The standard InChI is InChI=1S/C20H38B2/c1-18-12-9-10-16-20(22-18,17-11-13-18)19(21)14-7-5-3-2-4-6-8-15-19/h22H,2-17,21H2,1H3. The Kier molecular flexibility index (Phi) is 5.35. The van der Waals surface area contributed by atoms with Crippen LogP contribution < -0.4 is 0 Å². The second-order valence-electron chi connectivity index (χ2n) is 9.86. The van der Waals surface area contributed by atoms with Crippen molar-refractivity contribution in [2.45, 2.75) is 126 Å². The molecule has 2 saturated heterocycles. The molecular formula is C20H38B2. The predicted molar refractivity (Wildman–Crippen MR) is 103 cm³/mol. The van der Waals surface area contributed by atoms with E-state index in [4.69, 9.17) is 0 Å². The van der Waals surface area contributed by atoms with Gasteiger partial charge in [-0.2, -0.15) is 0 Å². The minimum atomic E-state index is 0.649. The van der Waals surface area contributed by atoms with E-state index in [0.29, 0.717) is 15.9 Å². The number of hydrogen-bond donors (Lipinski definition) is 0. The summed E-state index contributed by atoms with van der Waals surface area (Å²) in [7, 11) is 4.29. The molecule has 0 aromatic heterocycles. The van der Waals surface area contributed by atoms with Gasteiger partial charge < -0.3 is 0 Å². The lowest BCUT2D eigenvalue weighted by Crippen LogP contribution is -2.42. The van der Waals surface area contributed by atoms with Crippen LogP contribution in [-0.4, -0.2) is 15.1 Å². The van der Waals surface area contributed by atoms with Gasteiger partial charge in [-0.05, 0) is 0 Å². The molecule has 0 radical (unpaired) electrons. The van der Waals surface area contributed by atoms with Crippen LogP contribution in [0.25, 0.3) is 0 Å². The highest BCUT2D eigenvalue weighted by Crippen LogP contribution is 2.68. The second kappa shape index (κ2) is 6.94. The van der Waals surface area contributed by atoms with E-state index in [2.05, 4.69) is 14.8 Å². The summed E-state index contributed by atoms with van der Waals surface area (Å²) in [6, 6.07) is 0. The topological polar surface area (TPSA) is 0 Å². The maximum Gasteiger partial charge on any atom is 0.134 e. The SMILES string of the molecule is BC1(C23BC(C)(CCCC2)CCC3)CCCCCCCCC1. The Balaban J connectivity index is 1.82. The molecule has 2 atom stereocenters. The summed E-state index contributed by atoms with van der Waals surface area (Å²) >= 11 is 0. The van der Waals surface area contributed by atoms with Crippen LogP contribution in [0.2, 0.25) is 15.9 Å². The van der Waals surface area contributed by atoms with Gasteiger partial charge in [0, 0.05) is 0 Å². The number of hydrogen-bond acceptors (Lipinski definition) is 0. The Morgan fingerprint density at radius 1 is 0.591 bits per heavy atom. The smallest absolute Gasteiger partial charge is 0.0665 e. The molecule has 124 valence electrons. The summed E-state index contributed by atoms with van der Waals surface area (Å²) in [5.74, 6) is 0. The summed E-state index contributed by atoms with van der Waals surface area (Å²) in [5, 5.41) is 2.04. The van der Waals surface area contributed by atoms with Gasteiger partial charge in [0.1, 0.15) is 15.1 Å². The van der Waals surface area contributed by atoms with Crippen LogP contribution >= 0.6 is 0 Å². The molecular weight excluding hydrogens is 262 g/mol. The lowest BCUT2D eigenvalue weighted by atomic mass is 9.24. The summed E-state index contributed by atoms with van der Waals surface area (Å²) < 4.78 is 0. The maximum atomic E-state index is 2.73. The predicted octanol–water partition coefficient (Wildman–Crippen LogP) is 5.83. The molecule has 0 spiro atoms.